The Morgan fingerprint density at radius 2 is 1.76 bits per heavy atom. The summed E-state index contributed by atoms with van der Waals surface area (Å²) < 4.78 is 16.9. The Hall–Kier alpha value is -0.160. The van der Waals surface area contributed by atoms with Gasteiger partial charge in [0.25, 0.3) is 0 Å². The number of methoxy groups -OCH3 is 1. The molecule has 2 rings (SSSR count). The van der Waals surface area contributed by atoms with Crippen LogP contribution in [0.3, 0.4) is 0 Å². The van der Waals surface area contributed by atoms with Gasteiger partial charge in [-0.3, -0.25) is 0 Å². The maximum Gasteiger partial charge on any atom is 0.0807 e. The average molecular weight is 299 g/mol. The molecule has 0 aromatic carbocycles. The lowest BCUT2D eigenvalue weighted by atomic mass is 9.79. The highest BCUT2D eigenvalue weighted by atomic mass is 16.5. The second-order valence-corrected chi connectivity index (χ2v) is 6.83. The van der Waals surface area contributed by atoms with Crippen LogP contribution in [0.15, 0.2) is 0 Å². The Labute approximate surface area is 129 Å². The van der Waals surface area contributed by atoms with Crippen molar-refractivity contribution in [2.24, 2.45) is 5.92 Å². The van der Waals surface area contributed by atoms with Crippen molar-refractivity contribution in [3.63, 3.8) is 0 Å². The zero-order chi connectivity index (χ0) is 15.0. The van der Waals surface area contributed by atoms with Gasteiger partial charge in [0.05, 0.1) is 18.8 Å². The molecular formula is C17H33NO3. The maximum absolute atomic E-state index is 6.28. The Balaban J connectivity index is 1.63. The number of rotatable bonds is 11. The lowest BCUT2D eigenvalue weighted by Gasteiger charge is -2.39. The van der Waals surface area contributed by atoms with Gasteiger partial charge in [-0.2, -0.15) is 0 Å². The van der Waals surface area contributed by atoms with Crippen LogP contribution in [0.5, 0.6) is 0 Å². The first kappa shape index (κ1) is 17.2. The molecule has 2 fully saturated rings. The molecule has 0 atom stereocenters. The summed E-state index contributed by atoms with van der Waals surface area (Å²) in [6.45, 7) is 6.33. The Morgan fingerprint density at radius 3 is 2.43 bits per heavy atom. The molecule has 0 bridgehead atoms. The smallest absolute Gasteiger partial charge is 0.0807 e. The van der Waals surface area contributed by atoms with E-state index in [4.69, 9.17) is 14.2 Å². The molecule has 0 amide bonds. The van der Waals surface area contributed by atoms with Crippen LogP contribution in [-0.2, 0) is 14.2 Å². The van der Waals surface area contributed by atoms with E-state index in [9.17, 15) is 0 Å². The fraction of sp³-hybridized carbons (Fsp3) is 1.00. The highest BCUT2D eigenvalue weighted by molar-refractivity contribution is 4.92. The molecule has 4 heteroatoms. The van der Waals surface area contributed by atoms with Crippen molar-refractivity contribution in [3.8, 4) is 0 Å². The highest BCUT2D eigenvalue weighted by Gasteiger charge is 2.36. The van der Waals surface area contributed by atoms with E-state index < -0.39 is 0 Å². The number of ether oxygens (including phenoxy) is 3. The molecule has 21 heavy (non-hydrogen) atoms. The summed E-state index contributed by atoms with van der Waals surface area (Å²) in [5.41, 5.74) is 0.0605. The summed E-state index contributed by atoms with van der Waals surface area (Å²) in [4.78, 5) is 0. The molecule has 0 unspecified atom stereocenters. The molecule has 0 heterocycles. The van der Waals surface area contributed by atoms with Gasteiger partial charge in [-0.1, -0.05) is 6.92 Å². The third kappa shape index (κ3) is 6.64. The van der Waals surface area contributed by atoms with E-state index in [0.717, 1.165) is 38.1 Å². The SMILES string of the molecule is COCCCOCCOC1(CNC2CC2)CCC(C)CC1. The minimum Gasteiger partial charge on any atom is -0.385 e. The van der Waals surface area contributed by atoms with Crippen molar-refractivity contribution in [3.05, 3.63) is 0 Å². The van der Waals surface area contributed by atoms with Gasteiger partial charge in [0.2, 0.25) is 0 Å². The van der Waals surface area contributed by atoms with E-state index in [1.165, 1.54) is 38.5 Å². The van der Waals surface area contributed by atoms with E-state index in [1.807, 2.05) is 0 Å². The quantitative estimate of drug-likeness (QED) is 0.596. The lowest BCUT2D eigenvalue weighted by molar-refractivity contribution is -0.0923. The molecule has 4 nitrogen and oxygen atoms in total. The third-order valence-corrected chi connectivity index (χ3v) is 4.75. The summed E-state index contributed by atoms with van der Waals surface area (Å²) in [5.74, 6) is 0.855. The normalized spacial score (nSPS) is 29.7. The number of hydrogen-bond acceptors (Lipinski definition) is 4. The van der Waals surface area contributed by atoms with Gasteiger partial charge in [-0.25, -0.2) is 0 Å². The van der Waals surface area contributed by atoms with Crippen molar-refractivity contribution in [2.45, 2.75) is 63.5 Å². The molecule has 0 saturated heterocycles. The maximum atomic E-state index is 6.28. The molecule has 0 radical (unpaired) electrons. The van der Waals surface area contributed by atoms with Crippen molar-refractivity contribution in [1.29, 1.82) is 0 Å². The van der Waals surface area contributed by atoms with Crippen LogP contribution in [0.25, 0.3) is 0 Å². The topological polar surface area (TPSA) is 39.7 Å². The first-order chi connectivity index (χ1) is 10.2. The van der Waals surface area contributed by atoms with Crippen LogP contribution in [0, 0.1) is 5.92 Å². The molecule has 0 aliphatic heterocycles. The van der Waals surface area contributed by atoms with E-state index in [2.05, 4.69) is 12.2 Å². The van der Waals surface area contributed by atoms with E-state index in [1.54, 1.807) is 7.11 Å². The van der Waals surface area contributed by atoms with Gasteiger partial charge >= 0.3 is 0 Å². The molecule has 2 aliphatic carbocycles. The standard InChI is InChI=1S/C17H33NO3/c1-15-6-8-17(9-7-15,14-18-16-4-5-16)21-13-12-20-11-3-10-19-2/h15-16,18H,3-14H2,1-2H3. The fourth-order valence-electron chi connectivity index (χ4n) is 3.00. The largest absolute Gasteiger partial charge is 0.385 e. The molecule has 2 aliphatic rings. The fourth-order valence-corrected chi connectivity index (χ4v) is 3.00. The van der Waals surface area contributed by atoms with Crippen LogP contribution in [0.2, 0.25) is 0 Å². The summed E-state index contributed by atoms with van der Waals surface area (Å²) in [6, 6.07) is 0.759. The second-order valence-electron chi connectivity index (χ2n) is 6.83. The zero-order valence-electron chi connectivity index (χ0n) is 13.9. The molecule has 2 saturated carbocycles. The molecule has 0 aromatic rings. The molecule has 1 N–H and O–H groups in total. The first-order valence-electron chi connectivity index (χ1n) is 8.68. The second kappa shape index (κ2) is 9.09. The van der Waals surface area contributed by atoms with E-state index in [-0.39, 0.29) is 5.60 Å². The summed E-state index contributed by atoms with van der Waals surface area (Å²) in [6.07, 6.45) is 8.61. The lowest BCUT2D eigenvalue weighted by Crippen LogP contribution is -2.47. The summed E-state index contributed by atoms with van der Waals surface area (Å²) in [7, 11) is 1.73. The van der Waals surface area contributed by atoms with Gasteiger partial charge in [0.15, 0.2) is 0 Å². The van der Waals surface area contributed by atoms with Crippen molar-refractivity contribution in [2.75, 3.05) is 40.1 Å². The van der Waals surface area contributed by atoms with Crippen LogP contribution in [0.1, 0.15) is 51.9 Å². The average Bonchev–Trinajstić information content (AvgIpc) is 3.31. The Morgan fingerprint density at radius 1 is 1.00 bits per heavy atom. The molecular weight excluding hydrogens is 266 g/mol. The molecule has 0 spiro atoms. The van der Waals surface area contributed by atoms with Crippen LogP contribution in [0.4, 0.5) is 0 Å². The van der Waals surface area contributed by atoms with E-state index >= 15 is 0 Å². The highest BCUT2D eigenvalue weighted by Crippen LogP contribution is 2.35. The predicted octanol–water partition coefficient (Wildman–Crippen LogP) is 2.76. The number of hydrogen-bond donors (Lipinski definition) is 1. The predicted molar refractivity (Wildman–Crippen MR) is 84.7 cm³/mol. The molecule has 124 valence electrons. The van der Waals surface area contributed by atoms with Gasteiger partial charge in [0, 0.05) is 32.9 Å². The van der Waals surface area contributed by atoms with Gasteiger partial charge in [-0.05, 0) is 50.9 Å². The zero-order valence-corrected chi connectivity index (χ0v) is 13.9. The molecule has 0 aromatic heterocycles. The monoisotopic (exact) mass is 299 g/mol. The van der Waals surface area contributed by atoms with E-state index in [0.29, 0.717) is 13.2 Å². The third-order valence-electron chi connectivity index (χ3n) is 4.75. The van der Waals surface area contributed by atoms with Gasteiger partial charge in [-0.15, -0.1) is 0 Å². The first-order valence-corrected chi connectivity index (χ1v) is 8.68. The van der Waals surface area contributed by atoms with Gasteiger partial charge in [0.1, 0.15) is 0 Å². The minimum absolute atomic E-state index is 0.0605. The van der Waals surface area contributed by atoms with Crippen LogP contribution >= 0.6 is 0 Å². The number of nitrogens with one attached hydrogen (secondary N) is 1. The summed E-state index contributed by atoms with van der Waals surface area (Å²) in [5, 5.41) is 3.67. The minimum atomic E-state index is 0.0605. The Kier molecular flexibility index (Phi) is 7.44. The van der Waals surface area contributed by atoms with Crippen LogP contribution < -0.4 is 5.32 Å². The van der Waals surface area contributed by atoms with Crippen molar-refractivity contribution < 1.29 is 14.2 Å². The van der Waals surface area contributed by atoms with Crippen molar-refractivity contribution >= 4 is 0 Å². The van der Waals surface area contributed by atoms with Gasteiger partial charge < -0.3 is 19.5 Å². The van der Waals surface area contributed by atoms with Crippen molar-refractivity contribution in [1.82, 2.24) is 5.32 Å². The van der Waals surface area contributed by atoms with Crippen LogP contribution in [-0.4, -0.2) is 51.7 Å². The Bertz CT molecular complexity index is 273. The summed E-state index contributed by atoms with van der Waals surface area (Å²) >= 11 is 0.